The van der Waals surface area contributed by atoms with E-state index in [0.29, 0.717) is 19.3 Å². The van der Waals surface area contributed by atoms with Crippen LogP contribution >= 0.6 is 0 Å². The number of ketones is 1. The van der Waals surface area contributed by atoms with Crippen LogP contribution in [0.5, 0.6) is 0 Å². The van der Waals surface area contributed by atoms with E-state index in [1.807, 2.05) is 60.7 Å². The molecule has 0 spiro atoms. The fraction of sp³-hybridized carbons (Fsp3) is 0.238. The van der Waals surface area contributed by atoms with Crippen LogP contribution in [0, 0.1) is 0 Å². The van der Waals surface area contributed by atoms with Crippen LogP contribution in [0.15, 0.2) is 72.0 Å². The molecule has 134 valence electrons. The molecule has 0 saturated carbocycles. The van der Waals surface area contributed by atoms with E-state index in [1.54, 1.807) is 0 Å². The third-order valence-corrected chi connectivity index (χ3v) is 4.43. The van der Waals surface area contributed by atoms with Crippen LogP contribution in [0.3, 0.4) is 0 Å². The van der Waals surface area contributed by atoms with Crippen LogP contribution in [0.4, 0.5) is 0 Å². The standard InChI is InChI=1S/C21H21NO4/c22-16(13-15-9-5-2-6-10-15)19(23)18-20(24)17(26-21(18)25)12-11-14-7-3-1-4-8-14/h1-10,16-17,24H,11-13,22H2/t16-,17?/m1/s1. The van der Waals surface area contributed by atoms with Crippen molar-refractivity contribution in [2.24, 2.45) is 5.73 Å². The van der Waals surface area contributed by atoms with Crippen molar-refractivity contribution in [3.8, 4) is 0 Å². The van der Waals surface area contributed by atoms with Crippen LogP contribution in [0.25, 0.3) is 0 Å². The van der Waals surface area contributed by atoms with Crippen molar-refractivity contribution >= 4 is 11.8 Å². The summed E-state index contributed by atoms with van der Waals surface area (Å²) in [6.45, 7) is 0. The first-order valence-electron chi connectivity index (χ1n) is 8.58. The summed E-state index contributed by atoms with van der Waals surface area (Å²) in [4.78, 5) is 24.6. The smallest absolute Gasteiger partial charge is 0.346 e. The van der Waals surface area contributed by atoms with Crippen LogP contribution in [-0.4, -0.2) is 29.0 Å². The maximum atomic E-state index is 12.5. The number of aliphatic hydroxyl groups is 1. The highest BCUT2D eigenvalue weighted by Gasteiger charge is 2.39. The second kappa shape index (κ2) is 7.97. The molecule has 2 aromatic carbocycles. The monoisotopic (exact) mass is 351 g/mol. The minimum absolute atomic E-state index is 0.290. The molecule has 0 fully saturated rings. The van der Waals surface area contributed by atoms with E-state index in [9.17, 15) is 14.7 Å². The zero-order chi connectivity index (χ0) is 18.5. The molecule has 5 nitrogen and oxygen atoms in total. The predicted molar refractivity (Wildman–Crippen MR) is 97.4 cm³/mol. The summed E-state index contributed by atoms with van der Waals surface area (Å²) in [7, 11) is 0. The van der Waals surface area contributed by atoms with E-state index in [2.05, 4.69) is 0 Å². The lowest BCUT2D eigenvalue weighted by molar-refractivity contribution is -0.141. The number of cyclic esters (lactones) is 1. The molecule has 0 saturated heterocycles. The molecule has 2 aromatic rings. The van der Waals surface area contributed by atoms with Gasteiger partial charge in [-0.15, -0.1) is 0 Å². The summed E-state index contributed by atoms with van der Waals surface area (Å²) in [5.41, 5.74) is 7.60. The molecule has 5 heteroatoms. The predicted octanol–water partition coefficient (Wildman–Crippen LogP) is 2.50. The average molecular weight is 351 g/mol. The molecule has 0 aromatic heterocycles. The van der Waals surface area contributed by atoms with Crippen LogP contribution < -0.4 is 5.73 Å². The summed E-state index contributed by atoms with van der Waals surface area (Å²) in [6.07, 6.45) is 0.524. The lowest BCUT2D eigenvalue weighted by atomic mass is 9.97. The van der Waals surface area contributed by atoms with Gasteiger partial charge in [-0.2, -0.15) is 0 Å². The van der Waals surface area contributed by atoms with Crippen molar-refractivity contribution in [2.45, 2.75) is 31.4 Å². The van der Waals surface area contributed by atoms with Crippen molar-refractivity contribution in [1.29, 1.82) is 0 Å². The highest BCUT2D eigenvalue weighted by Crippen LogP contribution is 2.26. The zero-order valence-electron chi connectivity index (χ0n) is 14.3. The number of hydrogen-bond donors (Lipinski definition) is 2. The molecule has 0 radical (unpaired) electrons. The van der Waals surface area contributed by atoms with E-state index in [-0.39, 0.29) is 11.3 Å². The molecule has 3 N–H and O–H groups in total. The van der Waals surface area contributed by atoms with Crippen molar-refractivity contribution in [3.63, 3.8) is 0 Å². The topological polar surface area (TPSA) is 89.6 Å². The van der Waals surface area contributed by atoms with E-state index >= 15 is 0 Å². The summed E-state index contributed by atoms with van der Waals surface area (Å²) >= 11 is 0. The van der Waals surface area contributed by atoms with Gasteiger partial charge in [-0.05, 0) is 30.4 Å². The second-order valence-electron chi connectivity index (χ2n) is 6.34. The molecule has 2 atom stereocenters. The molecule has 3 rings (SSSR count). The number of esters is 1. The van der Waals surface area contributed by atoms with Gasteiger partial charge >= 0.3 is 5.97 Å². The lowest BCUT2D eigenvalue weighted by Crippen LogP contribution is -2.35. The summed E-state index contributed by atoms with van der Waals surface area (Å²) in [6, 6.07) is 18.1. The first-order chi connectivity index (χ1) is 12.6. The van der Waals surface area contributed by atoms with Gasteiger partial charge in [-0.3, -0.25) is 4.79 Å². The lowest BCUT2D eigenvalue weighted by Gasteiger charge is -2.10. The Balaban J connectivity index is 1.68. The number of hydrogen-bond acceptors (Lipinski definition) is 5. The quantitative estimate of drug-likeness (QED) is 0.591. The van der Waals surface area contributed by atoms with Crippen molar-refractivity contribution in [2.75, 3.05) is 0 Å². The fourth-order valence-electron chi connectivity index (χ4n) is 3.02. The van der Waals surface area contributed by atoms with E-state index < -0.39 is 23.9 Å². The molecular formula is C21H21NO4. The van der Waals surface area contributed by atoms with Crippen LogP contribution in [0.1, 0.15) is 17.5 Å². The van der Waals surface area contributed by atoms with Crippen molar-refractivity contribution in [1.82, 2.24) is 0 Å². The number of carbonyl (C=O) groups excluding carboxylic acids is 2. The van der Waals surface area contributed by atoms with Crippen molar-refractivity contribution in [3.05, 3.63) is 83.1 Å². The minimum atomic E-state index is -0.907. The molecule has 26 heavy (non-hydrogen) atoms. The Morgan fingerprint density at radius 1 is 1.04 bits per heavy atom. The van der Waals surface area contributed by atoms with Gasteiger partial charge in [0.1, 0.15) is 5.57 Å². The first-order valence-corrected chi connectivity index (χ1v) is 8.58. The summed E-state index contributed by atoms with van der Waals surface area (Å²) < 4.78 is 5.19. The van der Waals surface area contributed by atoms with Gasteiger partial charge in [-0.1, -0.05) is 60.7 Å². The number of carbonyl (C=O) groups is 2. The Hall–Kier alpha value is -2.92. The van der Waals surface area contributed by atoms with Crippen LogP contribution in [0.2, 0.25) is 0 Å². The molecule has 1 aliphatic heterocycles. The Kier molecular flexibility index (Phi) is 5.49. The third kappa shape index (κ3) is 4.00. The highest BCUT2D eigenvalue weighted by molar-refractivity contribution is 6.20. The van der Waals surface area contributed by atoms with Gasteiger partial charge in [0.2, 0.25) is 0 Å². The number of ether oxygens (including phenoxy) is 1. The SMILES string of the molecule is N[C@H](Cc1ccccc1)C(=O)C1=C(O)C(CCc2ccccc2)OC1=O. The Morgan fingerprint density at radius 3 is 2.23 bits per heavy atom. The van der Waals surface area contributed by atoms with Gasteiger partial charge in [0, 0.05) is 0 Å². The molecule has 1 heterocycles. The third-order valence-electron chi connectivity index (χ3n) is 4.43. The normalized spacial score (nSPS) is 17.9. The molecule has 1 aliphatic rings. The molecule has 0 amide bonds. The minimum Gasteiger partial charge on any atom is -0.507 e. The van der Waals surface area contributed by atoms with E-state index in [1.165, 1.54) is 0 Å². The zero-order valence-corrected chi connectivity index (χ0v) is 14.3. The average Bonchev–Trinajstić information content (AvgIpc) is 2.94. The van der Waals surface area contributed by atoms with Gasteiger partial charge in [0.05, 0.1) is 6.04 Å². The molecule has 1 unspecified atom stereocenters. The largest absolute Gasteiger partial charge is 0.507 e. The maximum absolute atomic E-state index is 12.5. The van der Waals surface area contributed by atoms with Gasteiger partial charge < -0.3 is 15.6 Å². The second-order valence-corrected chi connectivity index (χ2v) is 6.34. The highest BCUT2D eigenvalue weighted by atomic mass is 16.6. The van der Waals surface area contributed by atoms with Gasteiger partial charge in [-0.25, -0.2) is 4.79 Å². The molecule has 0 aliphatic carbocycles. The maximum Gasteiger partial charge on any atom is 0.346 e. The Bertz CT molecular complexity index is 814. The Morgan fingerprint density at radius 2 is 1.62 bits per heavy atom. The number of aryl methyl sites for hydroxylation is 1. The number of rotatable bonds is 7. The van der Waals surface area contributed by atoms with Crippen LogP contribution in [-0.2, 0) is 27.2 Å². The molecule has 0 bridgehead atoms. The number of Topliss-reactive ketones (excluding diaryl/α,β-unsaturated/α-hetero) is 1. The fourth-order valence-corrected chi connectivity index (χ4v) is 3.02. The van der Waals surface area contributed by atoms with E-state index in [0.717, 1.165) is 11.1 Å². The summed E-state index contributed by atoms with van der Waals surface area (Å²) in [5.74, 6) is -1.69. The van der Waals surface area contributed by atoms with Gasteiger partial charge in [0.25, 0.3) is 0 Å². The summed E-state index contributed by atoms with van der Waals surface area (Å²) in [5, 5.41) is 10.3. The Labute approximate surface area is 152 Å². The van der Waals surface area contributed by atoms with Crippen molar-refractivity contribution < 1.29 is 19.4 Å². The number of aliphatic hydroxyl groups excluding tert-OH is 1. The number of benzene rings is 2. The van der Waals surface area contributed by atoms with E-state index in [4.69, 9.17) is 10.5 Å². The number of nitrogens with two attached hydrogens (primary N) is 1. The molecular weight excluding hydrogens is 330 g/mol. The van der Waals surface area contributed by atoms with Gasteiger partial charge in [0.15, 0.2) is 17.6 Å². The first kappa shape index (κ1) is 17.9.